The molecule has 20 heavy (non-hydrogen) atoms. The van der Waals surface area contributed by atoms with Gasteiger partial charge in [-0.05, 0) is 6.42 Å². The zero-order chi connectivity index (χ0) is 16.1. The maximum Gasteiger partial charge on any atom is 0.339 e. The van der Waals surface area contributed by atoms with Crippen molar-refractivity contribution in [2.24, 2.45) is 11.5 Å². The van der Waals surface area contributed by atoms with E-state index in [1.807, 2.05) is 0 Å². The van der Waals surface area contributed by atoms with Gasteiger partial charge in [-0.3, -0.25) is 23.6 Å². The van der Waals surface area contributed by atoms with Crippen LogP contribution >= 0.6 is 15.2 Å². The number of hydrogen-bond acceptors (Lipinski definition) is 5. The summed E-state index contributed by atoms with van der Waals surface area (Å²) >= 11 is 0. The van der Waals surface area contributed by atoms with Crippen molar-refractivity contribution in [1.29, 1.82) is 0 Å². The van der Waals surface area contributed by atoms with Gasteiger partial charge >= 0.3 is 15.2 Å². The molecule has 11 nitrogen and oxygen atoms in total. The van der Waals surface area contributed by atoms with Crippen LogP contribution in [0.3, 0.4) is 0 Å². The Labute approximate surface area is 114 Å². The number of carbonyl (C=O) groups is 2. The molecule has 0 saturated heterocycles. The van der Waals surface area contributed by atoms with E-state index in [2.05, 4.69) is 0 Å². The van der Waals surface area contributed by atoms with Crippen LogP contribution in [-0.4, -0.2) is 54.9 Å². The second-order valence-corrected chi connectivity index (χ2v) is 7.35. The van der Waals surface area contributed by atoms with Crippen LogP contribution in [0.5, 0.6) is 0 Å². The van der Waals surface area contributed by atoms with Gasteiger partial charge in [0.2, 0.25) is 11.8 Å². The van der Waals surface area contributed by atoms with E-state index in [-0.39, 0.29) is 12.8 Å². The number of carbonyl (C=O) groups excluding carboxylic acids is 2. The molecule has 0 rings (SSSR count). The van der Waals surface area contributed by atoms with Crippen LogP contribution in [0.25, 0.3) is 0 Å². The van der Waals surface area contributed by atoms with Gasteiger partial charge < -0.3 is 31.0 Å². The van der Waals surface area contributed by atoms with Crippen molar-refractivity contribution in [3.63, 3.8) is 0 Å². The summed E-state index contributed by atoms with van der Waals surface area (Å²) in [5.74, 6) is -1.86. The Hall–Kier alpha value is -0.800. The van der Waals surface area contributed by atoms with E-state index in [4.69, 9.17) is 31.0 Å². The molecule has 0 heterocycles. The van der Waals surface area contributed by atoms with E-state index in [1.165, 1.54) is 0 Å². The van der Waals surface area contributed by atoms with Crippen LogP contribution in [0.4, 0.5) is 0 Å². The first-order valence-electron chi connectivity index (χ1n) is 5.22. The van der Waals surface area contributed by atoms with E-state index in [1.54, 1.807) is 0 Å². The summed E-state index contributed by atoms with van der Waals surface area (Å²) in [5.41, 5.74) is 9.90. The molecule has 0 unspecified atom stereocenters. The molecular weight excluding hydrogens is 316 g/mol. The van der Waals surface area contributed by atoms with Crippen molar-refractivity contribution < 1.29 is 38.3 Å². The first-order valence-corrected chi connectivity index (χ1v) is 8.82. The Kier molecular flexibility index (Phi) is 6.99. The van der Waals surface area contributed by atoms with Crippen LogP contribution < -0.4 is 11.5 Å². The minimum absolute atomic E-state index is 0.301. The average molecular weight is 333 g/mol. The second kappa shape index (κ2) is 7.28. The Balaban J connectivity index is 5.19. The summed E-state index contributed by atoms with van der Waals surface area (Å²) < 4.78 is 21.9. The zero-order valence-electron chi connectivity index (χ0n) is 10.3. The van der Waals surface area contributed by atoms with E-state index in [0.29, 0.717) is 4.90 Å². The SMILES string of the molecule is NC(=O)CC[C@@H](C(N)=O)N(CP(=O)(O)O)CP(=O)(O)O. The highest BCUT2D eigenvalue weighted by Crippen LogP contribution is 2.42. The molecular formula is C7H17N3O8P2. The van der Waals surface area contributed by atoms with Crippen LogP contribution in [0.1, 0.15) is 12.8 Å². The van der Waals surface area contributed by atoms with Gasteiger partial charge in [-0.1, -0.05) is 0 Å². The summed E-state index contributed by atoms with van der Waals surface area (Å²) in [6, 6.07) is -1.43. The molecule has 0 aromatic heterocycles. The maximum absolute atomic E-state index is 11.2. The van der Waals surface area contributed by atoms with E-state index < -0.39 is 45.6 Å². The number of primary amides is 2. The molecule has 118 valence electrons. The Morgan fingerprint density at radius 1 is 1.00 bits per heavy atom. The summed E-state index contributed by atoms with van der Waals surface area (Å²) in [6.45, 7) is 0. The van der Waals surface area contributed by atoms with Crippen molar-refractivity contribution in [1.82, 2.24) is 4.90 Å². The number of nitrogens with zero attached hydrogens (tertiary/aromatic N) is 1. The fourth-order valence-electron chi connectivity index (χ4n) is 1.50. The predicted molar refractivity (Wildman–Crippen MR) is 67.1 cm³/mol. The van der Waals surface area contributed by atoms with Gasteiger partial charge in [0.1, 0.15) is 12.6 Å². The topological polar surface area (TPSA) is 204 Å². The Morgan fingerprint density at radius 3 is 1.65 bits per heavy atom. The molecule has 0 spiro atoms. The fourth-order valence-corrected chi connectivity index (χ4v) is 3.20. The molecule has 0 aliphatic rings. The lowest BCUT2D eigenvalue weighted by atomic mass is 10.1. The van der Waals surface area contributed by atoms with Crippen molar-refractivity contribution in [2.75, 3.05) is 12.6 Å². The summed E-state index contributed by atoms with van der Waals surface area (Å²) in [4.78, 5) is 57.9. The second-order valence-electron chi connectivity index (χ2n) is 4.12. The van der Waals surface area contributed by atoms with Crippen LogP contribution in [0, 0.1) is 0 Å². The highest BCUT2D eigenvalue weighted by molar-refractivity contribution is 7.52. The molecule has 0 aromatic carbocycles. The lowest BCUT2D eigenvalue weighted by Crippen LogP contribution is -2.46. The van der Waals surface area contributed by atoms with Crippen molar-refractivity contribution >= 4 is 27.0 Å². The van der Waals surface area contributed by atoms with Gasteiger partial charge in [-0.25, -0.2) is 0 Å². The third kappa shape index (κ3) is 9.16. The minimum atomic E-state index is -4.69. The first kappa shape index (κ1) is 19.2. The molecule has 0 saturated carbocycles. The third-order valence-electron chi connectivity index (χ3n) is 2.17. The molecule has 8 N–H and O–H groups in total. The fraction of sp³-hybridized carbons (Fsp3) is 0.714. The van der Waals surface area contributed by atoms with Crippen LogP contribution in [0.2, 0.25) is 0 Å². The number of rotatable bonds is 9. The molecule has 13 heteroatoms. The quantitative estimate of drug-likeness (QED) is 0.250. The van der Waals surface area contributed by atoms with Crippen molar-refractivity contribution in [2.45, 2.75) is 18.9 Å². The largest absolute Gasteiger partial charge is 0.370 e. The molecule has 0 bridgehead atoms. The third-order valence-corrected chi connectivity index (χ3v) is 3.63. The Morgan fingerprint density at radius 2 is 1.40 bits per heavy atom. The number of amides is 2. The predicted octanol–water partition coefficient (Wildman–Crippen LogP) is -2.32. The Bertz CT molecular complexity index is 433. The molecule has 0 radical (unpaired) electrons. The summed E-state index contributed by atoms with van der Waals surface area (Å²) in [7, 11) is -9.38. The van der Waals surface area contributed by atoms with E-state index >= 15 is 0 Å². The average Bonchev–Trinajstić information content (AvgIpc) is 2.10. The van der Waals surface area contributed by atoms with Gasteiger partial charge in [-0.2, -0.15) is 0 Å². The summed E-state index contributed by atoms with van der Waals surface area (Å²) in [5, 5.41) is 0. The van der Waals surface area contributed by atoms with Gasteiger partial charge in [0, 0.05) is 6.42 Å². The lowest BCUT2D eigenvalue weighted by molar-refractivity contribution is -0.123. The highest BCUT2D eigenvalue weighted by atomic mass is 31.2. The minimum Gasteiger partial charge on any atom is -0.370 e. The van der Waals surface area contributed by atoms with Crippen LogP contribution in [-0.2, 0) is 18.7 Å². The monoisotopic (exact) mass is 333 g/mol. The first-order chi connectivity index (χ1) is 8.82. The molecule has 0 aromatic rings. The van der Waals surface area contributed by atoms with Gasteiger partial charge in [0.25, 0.3) is 0 Å². The maximum atomic E-state index is 11.2. The summed E-state index contributed by atoms with van der Waals surface area (Å²) in [6.07, 6.45) is -2.79. The number of nitrogens with two attached hydrogens (primary N) is 2. The van der Waals surface area contributed by atoms with Crippen molar-refractivity contribution in [3.05, 3.63) is 0 Å². The highest BCUT2D eigenvalue weighted by Gasteiger charge is 2.33. The smallest absolute Gasteiger partial charge is 0.339 e. The molecule has 0 aliphatic heterocycles. The van der Waals surface area contributed by atoms with E-state index in [9.17, 15) is 18.7 Å². The van der Waals surface area contributed by atoms with Gasteiger partial charge in [0.05, 0.1) is 6.04 Å². The van der Waals surface area contributed by atoms with E-state index in [0.717, 1.165) is 0 Å². The standard InChI is InChI=1S/C7H17N3O8P2/c8-6(11)2-1-5(7(9)12)10(3-19(13,14)15)4-20(16,17)18/h5H,1-4H2,(H2,8,11)(H2,9,12)(H2,13,14,15)(H2,16,17,18)/t5-/m0/s1. The molecule has 0 fully saturated rings. The van der Waals surface area contributed by atoms with Crippen molar-refractivity contribution in [3.8, 4) is 0 Å². The van der Waals surface area contributed by atoms with Gasteiger partial charge in [0.15, 0.2) is 0 Å². The van der Waals surface area contributed by atoms with Gasteiger partial charge in [-0.15, -0.1) is 0 Å². The number of hydrogen-bond donors (Lipinski definition) is 6. The molecule has 2 amide bonds. The van der Waals surface area contributed by atoms with Crippen LogP contribution in [0.15, 0.2) is 0 Å². The normalized spacial score (nSPS) is 14.2. The lowest BCUT2D eigenvalue weighted by Gasteiger charge is -2.29. The molecule has 1 atom stereocenters. The zero-order valence-corrected chi connectivity index (χ0v) is 12.1. The molecule has 0 aliphatic carbocycles.